The number of benzene rings is 1. The van der Waals surface area contributed by atoms with E-state index in [0.29, 0.717) is 17.3 Å². The lowest BCUT2D eigenvalue weighted by atomic mass is 9.97. The molecule has 0 aliphatic carbocycles. The van der Waals surface area contributed by atoms with Crippen LogP contribution in [0.15, 0.2) is 53.5 Å². The summed E-state index contributed by atoms with van der Waals surface area (Å²) in [4.78, 5) is 29.1. The summed E-state index contributed by atoms with van der Waals surface area (Å²) in [5.41, 5.74) is 3.95. The van der Waals surface area contributed by atoms with Gasteiger partial charge < -0.3 is 4.74 Å². The largest absolute Gasteiger partial charge is 0.459 e. The molecule has 0 aliphatic heterocycles. The molecule has 0 amide bonds. The fourth-order valence-corrected chi connectivity index (χ4v) is 3.15. The van der Waals surface area contributed by atoms with Crippen LogP contribution in [0.1, 0.15) is 49.1 Å². The number of carbonyl (C=O) groups excluding carboxylic acids is 1. The van der Waals surface area contributed by atoms with Crippen LogP contribution < -0.4 is 5.56 Å². The lowest BCUT2D eigenvalue weighted by Crippen LogP contribution is -2.18. The van der Waals surface area contributed by atoms with Gasteiger partial charge in [0.2, 0.25) is 0 Å². The number of aromatic nitrogens is 2. The molecule has 5 heteroatoms. The number of esters is 1. The van der Waals surface area contributed by atoms with Crippen LogP contribution in [0, 0.1) is 12.8 Å². The first-order valence-electron chi connectivity index (χ1n) is 9.58. The van der Waals surface area contributed by atoms with E-state index in [0.717, 1.165) is 17.5 Å². The summed E-state index contributed by atoms with van der Waals surface area (Å²) >= 11 is 0. The Balaban J connectivity index is 1.67. The fourth-order valence-electron chi connectivity index (χ4n) is 3.15. The molecule has 0 radical (unpaired) electrons. The third kappa shape index (κ3) is 4.66. The number of pyridine rings is 1. The second-order valence-corrected chi connectivity index (χ2v) is 7.69. The maximum atomic E-state index is 12.4. The summed E-state index contributed by atoms with van der Waals surface area (Å²) in [7, 11) is 0. The number of aryl methyl sites for hydroxylation is 1. The second-order valence-electron chi connectivity index (χ2n) is 7.69. The van der Waals surface area contributed by atoms with Gasteiger partial charge in [-0.2, -0.15) is 0 Å². The molecule has 1 aromatic carbocycles. The predicted molar refractivity (Wildman–Crippen MR) is 109 cm³/mol. The van der Waals surface area contributed by atoms with E-state index >= 15 is 0 Å². The molecule has 0 aliphatic rings. The first-order chi connectivity index (χ1) is 13.3. The highest BCUT2D eigenvalue weighted by molar-refractivity contribution is 5.77. The van der Waals surface area contributed by atoms with E-state index < -0.39 is 0 Å². The van der Waals surface area contributed by atoms with Crippen molar-refractivity contribution in [1.29, 1.82) is 0 Å². The Bertz CT molecular complexity index is 1040. The molecule has 3 rings (SSSR count). The number of hydrogen-bond acceptors (Lipinski definition) is 4. The van der Waals surface area contributed by atoms with Crippen molar-refractivity contribution in [2.24, 2.45) is 5.92 Å². The maximum absolute atomic E-state index is 12.4. The van der Waals surface area contributed by atoms with Crippen LogP contribution in [0.4, 0.5) is 0 Å². The fraction of sp³-hybridized carbons (Fsp3) is 0.348. The van der Waals surface area contributed by atoms with E-state index in [1.807, 2.05) is 32.0 Å². The van der Waals surface area contributed by atoms with Crippen LogP contribution in [0.2, 0.25) is 0 Å². The van der Waals surface area contributed by atoms with Crippen LogP contribution in [-0.2, 0) is 22.6 Å². The standard InChI is InChI=1S/C23H26N2O3/c1-15(2)11-18-6-8-19(9-7-18)17(4)23(27)28-14-20-12-22(26)25-13-16(3)5-10-21(25)24-20/h5-10,12-13,15,17H,11,14H2,1-4H3/t17-/m0/s1. The van der Waals surface area contributed by atoms with Crippen LogP contribution in [0.5, 0.6) is 0 Å². The van der Waals surface area contributed by atoms with Crippen molar-refractivity contribution in [1.82, 2.24) is 9.38 Å². The Hall–Kier alpha value is -2.95. The lowest BCUT2D eigenvalue weighted by Gasteiger charge is -2.13. The molecule has 3 aromatic rings. The van der Waals surface area contributed by atoms with Gasteiger partial charge in [-0.25, -0.2) is 4.98 Å². The van der Waals surface area contributed by atoms with Crippen molar-refractivity contribution >= 4 is 11.6 Å². The summed E-state index contributed by atoms with van der Waals surface area (Å²) in [6.07, 6.45) is 2.76. The van der Waals surface area contributed by atoms with E-state index in [1.165, 1.54) is 16.0 Å². The van der Waals surface area contributed by atoms with Crippen molar-refractivity contribution in [2.75, 3.05) is 0 Å². The molecule has 0 spiro atoms. The summed E-state index contributed by atoms with van der Waals surface area (Å²) in [5, 5.41) is 0. The molecular weight excluding hydrogens is 352 g/mol. The predicted octanol–water partition coefficient (Wildman–Crippen LogP) is 4.05. The first-order valence-corrected chi connectivity index (χ1v) is 9.58. The Labute approximate surface area is 165 Å². The molecule has 2 aromatic heterocycles. The molecule has 0 N–H and O–H groups in total. The zero-order valence-electron chi connectivity index (χ0n) is 16.8. The van der Waals surface area contributed by atoms with Gasteiger partial charge in [0.1, 0.15) is 12.3 Å². The molecule has 5 nitrogen and oxygen atoms in total. The van der Waals surface area contributed by atoms with E-state index in [2.05, 4.69) is 31.0 Å². The SMILES string of the molecule is Cc1ccc2nc(COC(=O)[C@@H](C)c3ccc(CC(C)C)cc3)cc(=O)n2c1. The third-order valence-electron chi connectivity index (χ3n) is 4.70. The topological polar surface area (TPSA) is 60.7 Å². The molecule has 0 unspecified atom stereocenters. The smallest absolute Gasteiger partial charge is 0.313 e. The van der Waals surface area contributed by atoms with Crippen molar-refractivity contribution in [3.05, 3.63) is 81.4 Å². The van der Waals surface area contributed by atoms with Gasteiger partial charge in [0.15, 0.2) is 0 Å². The van der Waals surface area contributed by atoms with Crippen LogP contribution in [-0.4, -0.2) is 15.4 Å². The zero-order chi connectivity index (χ0) is 20.3. The van der Waals surface area contributed by atoms with Gasteiger partial charge in [0, 0.05) is 12.3 Å². The Morgan fingerprint density at radius 1 is 1.11 bits per heavy atom. The molecule has 1 atom stereocenters. The van der Waals surface area contributed by atoms with Crippen LogP contribution in [0.3, 0.4) is 0 Å². The normalized spacial score (nSPS) is 12.3. The monoisotopic (exact) mass is 378 g/mol. The van der Waals surface area contributed by atoms with Crippen LogP contribution >= 0.6 is 0 Å². The number of fused-ring (bicyclic) bond motifs is 1. The van der Waals surface area contributed by atoms with Crippen molar-refractivity contribution in [3.63, 3.8) is 0 Å². The van der Waals surface area contributed by atoms with Gasteiger partial charge in [0.25, 0.3) is 5.56 Å². The molecule has 0 saturated carbocycles. The first kappa shape index (κ1) is 19.8. The molecule has 0 saturated heterocycles. The van der Waals surface area contributed by atoms with Gasteiger partial charge in [-0.15, -0.1) is 0 Å². The summed E-state index contributed by atoms with van der Waals surface area (Å²) in [5.74, 6) is -0.115. The Morgan fingerprint density at radius 3 is 2.50 bits per heavy atom. The minimum atomic E-state index is -0.377. The maximum Gasteiger partial charge on any atom is 0.313 e. The summed E-state index contributed by atoms with van der Waals surface area (Å²) < 4.78 is 6.91. The van der Waals surface area contributed by atoms with Crippen molar-refractivity contribution < 1.29 is 9.53 Å². The average molecular weight is 378 g/mol. The molecule has 28 heavy (non-hydrogen) atoms. The van der Waals surface area contributed by atoms with Gasteiger partial charge in [0.05, 0.1) is 11.6 Å². The number of nitrogens with zero attached hydrogens (tertiary/aromatic N) is 2. The summed E-state index contributed by atoms with van der Waals surface area (Å²) in [6, 6.07) is 13.2. The van der Waals surface area contributed by atoms with E-state index in [4.69, 9.17) is 4.74 Å². The third-order valence-corrected chi connectivity index (χ3v) is 4.70. The van der Waals surface area contributed by atoms with Crippen molar-refractivity contribution in [3.8, 4) is 0 Å². The summed E-state index contributed by atoms with van der Waals surface area (Å²) in [6.45, 7) is 8.08. The molecule has 0 fully saturated rings. The highest BCUT2D eigenvalue weighted by Crippen LogP contribution is 2.19. The minimum absolute atomic E-state index is 0.0196. The number of hydrogen-bond donors (Lipinski definition) is 0. The Kier molecular flexibility index (Phi) is 5.93. The van der Waals surface area contributed by atoms with E-state index in [9.17, 15) is 9.59 Å². The van der Waals surface area contributed by atoms with E-state index in [-0.39, 0.29) is 24.1 Å². The molecule has 0 bridgehead atoms. The van der Waals surface area contributed by atoms with Crippen LogP contribution in [0.25, 0.3) is 5.65 Å². The minimum Gasteiger partial charge on any atom is -0.459 e. The zero-order valence-corrected chi connectivity index (χ0v) is 16.8. The average Bonchev–Trinajstić information content (AvgIpc) is 2.66. The number of ether oxygens (including phenoxy) is 1. The number of rotatable bonds is 6. The quantitative estimate of drug-likeness (QED) is 0.607. The Morgan fingerprint density at radius 2 is 1.82 bits per heavy atom. The highest BCUT2D eigenvalue weighted by Gasteiger charge is 2.17. The highest BCUT2D eigenvalue weighted by atomic mass is 16.5. The van der Waals surface area contributed by atoms with Gasteiger partial charge in [-0.1, -0.05) is 44.2 Å². The van der Waals surface area contributed by atoms with Gasteiger partial charge in [-0.3, -0.25) is 14.0 Å². The van der Waals surface area contributed by atoms with Crippen molar-refractivity contribution in [2.45, 2.75) is 46.6 Å². The molecule has 146 valence electrons. The van der Waals surface area contributed by atoms with E-state index in [1.54, 1.807) is 12.3 Å². The number of carbonyl (C=O) groups is 1. The van der Waals surface area contributed by atoms with Gasteiger partial charge in [-0.05, 0) is 48.9 Å². The molecular formula is C23H26N2O3. The molecule has 2 heterocycles. The second kappa shape index (κ2) is 8.38. The lowest BCUT2D eigenvalue weighted by molar-refractivity contribution is -0.146. The van der Waals surface area contributed by atoms with Gasteiger partial charge >= 0.3 is 5.97 Å².